The first kappa shape index (κ1) is 16.2. The Morgan fingerprint density at radius 1 is 1.43 bits per heavy atom. The van der Waals surface area contributed by atoms with E-state index in [1.54, 1.807) is 0 Å². The number of nitrogens with two attached hydrogens (primary N) is 1. The van der Waals surface area contributed by atoms with Gasteiger partial charge in [-0.25, -0.2) is 0 Å². The minimum absolute atomic E-state index is 0. The zero-order chi connectivity index (χ0) is 14.1. The third-order valence-electron chi connectivity index (χ3n) is 4.91. The number of halogens is 1. The van der Waals surface area contributed by atoms with Crippen molar-refractivity contribution in [2.24, 2.45) is 23.5 Å². The molecule has 0 aromatic carbocycles. The lowest BCUT2D eigenvalue weighted by molar-refractivity contribution is -0.128. The van der Waals surface area contributed by atoms with Crippen LogP contribution in [0.2, 0.25) is 0 Å². The molecule has 0 saturated heterocycles. The fourth-order valence-electron chi connectivity index (χ4n) is 3.77. The summed E-state index contributed by atoms with van der Waals surface area (Å²) in [5.74, 6) is 1.73. The molecule has 2 saturated carbocycles. The van der Waals surface area contributed by atoms with Gasteiger partial charge in [0.25, 0.3) is 0 Å². The van der Waals surface area contributed by atoms with Crippen molar-refractivity contribution in [3.8, 4) is 0 Å². The summed E-state index contributed by atoms with van der Waals surface area (Å²) in [5.41, 5.74) is 6.26. The Morgan fingerprint density at radius 2 is 2.10 bits per heavy atom. The Kier molecular flexibility index (Phi) is 5.22. The lowest BCUT2D eigenvalue weighted by Gasteiger charge is -2.43. The summed E-state index contributed by atoms with van der Waals surface area (Å²) >= 11 is 0. The third kappa shape index (κ3) is 3.37. The van der Waals surface area contributed by atoms with Crippen LogP contribution in [0.1, 0.15) is 50.9 Å². The number of rotatable bonds is 3. The zero-order valence-electron chi connectivity index (χ0n) is 12.2. The van der Waals surface area contributed by atoms with Crippen LogP contribution in [0.4, 0.5) is 0 Å². The molecule has 1 aromatic heterocycles. The van der Waals surface area contributed by atoms with Crippen molar-refractivity contribution in [2.75, 3.05) is 0 Å². The van der Waals surface area contributed by atoms with E-state index < -0.39 is 0 Å². The van der Waals surface area contributed by atoms with Crippen molar-refractivity contribution in [2.45, 2.75) is 51.1 Å². The van der Waals surface area contributed by atoms with Crippen LogP contribution in [0, 0.1) is 17.8 Å². The van der Waals surface area contributed by atoms with Crippen LogP contribution in [0.3, 0.4) is 0 Å². The lowest BCUT2D eigenvalue weighted by atomic mass is 9.65. The first-order chi connectivity index (χ1) is 9.65. The molecule has 1 heterocycles. The number of amides is 1. The first-order valence-corrected chi connectivity index (χ1v) is 7.47. The molecule has 6 nitrogen and oxygen atoms in total. The predicted molar refractivity (Wildman–Crippen MR) is 79.6 cm³/mol. The van der Waals surface area contributed by atoms with E-state index in [0.29, 0.717) is 23.7 Å². The molecule has 3 rings (SSSR count). The number of carbonyl (C=O) groups excluding carboxylic acids is 1. The smallest absolute Gasteiger partial charge is 0.223 e. The Bertz CT molecular complexity index is 454. The van der Waals surface area contributed by atoms with Gasteiger partial charge in [0.05, 0.1) is 6.04 Å². The average Bonchev–Trinajstić information content (AvgIpc) is 2.92. The molecule has 1 aromatic rings. The van der Waals surface area contributed by atoms with Crippen molar-refractivity contribution in [3.63, 3.8) is 0 Å². The molecule has 2 aliphatic rings. The van der Waals surface area contributed by atoms with Crippen LogP contribution in [0.15, 0.2) is 10.9 Å². The SMILES string of the molecule is CC(NC(=O)C1CC2CCCC(C1)C2N)c1ncon1.Cl. The molecule has 0 radical (unpaired) electrons. The van der Waals surface area contributed by atoms with E-state index in [-0.39, 0.29) is 30.3 Å². The molecule has 2 fully saturated rings. The van der Waals surface area contributed by atoms with Gasteiger partial charge in [-0.2, -0.15) is 4.98 Å². The normalized spacial score (nSPS) is 32.9. The average molecular weight is 315 g/mol. The third-order valence-corrected chi connectivity index (χ3v) is 4.91. The fraction of sp³-hybridized carbons (Fsp3) is 0.786. The second-order valence-corrected chi connectivity index (χ2v) is 6.22. The summed E-state index contributed by atoms with van der Waals surface area (Å²) in [6, 6.07) is 0.0825. The van der Waals surface area contributed by atoms with Crippen LogP contribution in [0.25, 0.3) is 0 Å². The number of carbonyl (C=O) groups is 1. The highest BCUT2D eigenvalue weighted by molar-refractivity contribution is 5.85. The summed E-state index contributed by atoms with van der Waals surface area (Å²) in [4.78, 5) is 16.4. The Balaban J connectivity index is 0.00000161. The van der Waals surface area contributed by atoms with E-state index in [1.165, 1.54) is 25.7 Å². The second kappa shape index (κ2) is 6.75. The van der Waals surface area contributed by atoms with Gasteiger partial charge in [-0.1, -0.05) is 11.6 Å². The topological polar surface area (TPSA) is 94.0 Å². The van der Waals surface area contributed by atoms with Crippen molar-refractivity contribution in [3.05, 3.63) is 12.2 Å². The summed E-state index contributed by atoms with van der Waals surface area (Å²) in [5, 5.41) is 6.75. The van der Waals surface area contributed by atoms with Crippen LogP contribution in [-0.2, 0) is 4.79 Å². The number of fused-ring (bicyclic) bond motifs is 2. The maximum atomic E-state index is 12.4. The molecule has 0 spiro atoms. The van der Waals surface area contributed by atoms with Gasteiger partial charge < -0.3 is 15.6 Å². The molecule has 2 bridgehead atoms. The Morgan fingerprint density at radius 3 is 2.67 bits per heavy atom. The van der Waals surface area contributed by atoms with Gasteiger partial charge in [0.15, 0.2) is 5.82 Å². The number of hydrogen-bond acceptors (Lipinski definition) is 5. The van der Waals surface area contributed by atoms with Crippen LogP contribution in [0.5, 0.6) is 0 Å². The highest BCUT2D eigenvalue weighted by atomic mass is 35.5. The number of hydrogen-bond donors (Lipinski definition) is 2. The van der Waals surface area contributed by atoms with Crippen molar-refractivity contribution < 1.29 is 9.32 Å². The molecule has 3 N–H and O–H groups in total. The van der Waals surface area contributed by atoms with Crippen LogP contribution < -0.4 is 11.1 Å². The molecular formula is C14H23ClN4O2. The van der Waals surface area contributed by atoms with Gasteiger partial charge in [-0.05, 0) is 44.4 Å². The van der Waals surface area contributed by atoms with Gasteiger partial charge in [0.2, 0.25) is 12.3 Å². The van der Waals surface area contributed by atoms with Gasteiger partial charge in [0, 0.05) is 12.0 Å². The van der Waals surface area contributed by atoms with Crippen LogP contribution in [-0.4, -0.2) is 22.1 Å². The largest absolute Gasteiger partial charge is 0.346 e. The Hall–Kier alpha value is -1.14. The number of nitrogens with one attached hydrogen (secondary N) is 1. The molecular weight excluding hydrogens is 292 g/mol. The van der Waals surface area contributed by atoms with Gasteiger partial charge >= 0.3 is 0 Å². The maximum absolute atomic E-state index is 12.4. The molecule has 7 heteroatoms. The standard InChI is InChI=1S/C14H22N4O2.ClH/c1-8(13-16-7-20-18-13)17-14(19)11-5-9-3-2-4-10(6-11)12(9)15;/h7-12H,2-6,15H2,1H3,(H,17,19);1H. The van der Waals surface area contributed by atoms with Gasteiger partial charge in [-0.15, -0.1) is 12.4 Å². The maximum Gasteiger partial charge on any atom is 0.223 e. The molecule has 3 unspecified atom stereocenters. The molecule has 21 heavy (non-hydrogen) atoms. The quantitative estimate of drug-likeness (QED) is 0.887. The minimum atomic E-state index is -0.211. The van der Waals surface area contributed by atoms with Crippen molar-refractivity contribution >= 4 is 18.3 Å². The van der Waals surface area contributed by atoms with Gasteiger partial charge in [-0.3, -0.25) is 4.79 Å². The fourth-order valence-corrected chi connectivity index (χ4v) is 3.77. The zero-order valence-corrected chi connectivity index (χ0v) is 13.0. The van der Waals surface area contributed by atoms with Crippen molar-refractivity contribution in [1.82, 2.24) is 15.5 Å². The first-order valence-electron chi connectivity index (χ1n) is 7.47. The number of aromatic nitrogens is 2. The molecule has 2 aliphatic carbocycles. The summed E-state index contributed by atoms with van der Waals surface area (Å²) in [7, 11) is 0. The van der Waals surface area contributed by atoms with E-state index in [4.69, 9.17) is 10.3 Å². The second-order valence-electron chi connectivity index (χ2n) is 6.22. The molecule has 3 atom stereocenters. The van der Waals surface area contributed by atoms with Crippen molar-refractivity contribution in [1.29, 1.82) is 0 Å². The van der Waals surface area contributed by atoms with Crippen LogP contribution >= 0.6 is 12.4 Å². The van der Waals surface area contributed by atoms with E-state index in [1.807, 2.05) is 6.92 Å². The van der Waals surface area contributed by atoms with E-state index in [0.717, 1.165) is 12.8 Å². The molecule has 1 amide bonds. The molecule has 118 valence electrons. The highest BCUT2D eigenvalue weighted by Crippen LogP contribution is 2.42. The minimum Gasteiger partial charge on any atom is -0.346 e. The summed E-state index contributed by atoms with van der Waals surface area (Å²) < 4.78 is 4.71. The summed E-state index contributed by atoms with van der Waals surface area (Å²) in [6.07, 6.45) is 6.72. The lowest BCUT2D eigenvalue weighted by Crippen LogP contribution is -2.49. The number of nitrogens with zero attached hydrogens (tertiary/aromatic N) is 2. The predicted octanol–water partition coefficient (Wildman–Crippen LogP) is 1.82. The van der Waals surface area contributed by atoms with E-state index in [9.17, 15) is 4.79 Å². The van der Waals surface area contributed by atoms with E-state index >= 15 is 0 Å². The Labute approximate surface area is 130 Å². The monoisotopic (exact) mass is 314 g/mol. The molecule has 0 aliphatic heterocycles. The van der Waals surface area contributed by atoms with Gasteiger partial charge in [0.1, 0.15) is 0 Å². The highest BCUT2D eigenvalue weighted by Gasteiger charge is 2.40. The summed E-state index contributed by atoms with van der Waals surface area (Å²) in [6.45, 7) is 1.87. The van der Waals surface area contributed by atoms with E-state index in [2.05, 4.69) is 15.5 Å².